The van der Waals surface area contributed by atoms with E-state index in [4.69, 9.17) is 28.4 Å². The highest BCUT2D eigenvalue weighted by Crippen LogP contribution is 2.42. The zero-order valence-electron chi connectivity index (χ0n) is 51.8. The van der Waals surface area contributed by atoms with Gasteiger partial charge in [-0.1, -0.05) is 163 Å². The Morgan fingerprint density at radius 3 is 1.12 bits per heavy atom. The van der Waals surface area contributed by atoms with Crippen molar-refractivity contribution in [2.75, 3.05) is 13.2 Å². The summed E-state index contributed by atoms with van der Waals surface area (Å²) in [5.41, 5.74) is 6.08. The van der Waals surface area contributed by atoms with Gasteiger partial charge in [-0.25, -0.2) is 0 Å². The Morgan fingerprint density at radius 1 is 0.463 bits per heavy atom. The minimum Gasteiger partial charge on any atom is -0.462 e. The van der Waals surface area contributed by atoms with Crippen LogP contribution in [0.25, 0.3) is 0 Å². The zero-order valence-corrected chi connectivity index (χ0v) is 51.8. The van der Waals surface area contributed by atoms with Crippen LogP contribution < -0.4 is 0 Å². The first kappa shape index (κ1) is 71.4. The van der Waals surface area contributed by atoms with E-state index in [1.165, 1.54) is 0 Å². The van der Waals surface area contributed by atoms with E-state index in [-0.39, 0.29) is 87.2 Å². The fraction of sp³-hybridized carbons (Fsp3) is 0.559. The predicted molar refractivity (Wildman–Crippen MR) is 322 cm³/mol. The molecule has 0 heterocycles. The molecule has 452 valence electrons. The molecule has 2 aliphatic rings. The van der Waals surface area contributed by atoms with Crippen molar-refractivity contribution in [1.29, 1.82) is 0 Å². The number of Topliss-reactive ketones (excluding diaryl/α,β-unsaturated/α-hetero) is 2. The van der Waals surface area contributed by atoms with E-state index in [1.807, 2.05) is 168 Å². The number of ether oxygens (including phenoxy) is 6. The maximum Gasteiger partial charge on any atom is 0.306 e. The van der Waals surface area contributed by atoms with Gasteiger partial charge in [-0.05, 0) is 126 Å². The Kier molecular flexibility index (Phi) is 32.6. The van der Waals surface area contributed by atoms with Crippen molar-refractivity contribution in [2.45, 2.75) is 224 Å². The Bertz CT molecular complexity index is 2390. The van der Waals surface area contributed by atoms with Crippen LogP contribution in [0.4, 0.5) is 0 Å². The minimum atomic E-state index is -0.902. The van der Waals surface area contributed by atoms with Gasteiger partial charge in [-0.15, -0.1) is 0 Å². The zero-order chi connectivity index (χ0) is 61.4. The summed E-state index contributed by atoms with van der Waals surface area (Å²) in [6, 6.07) is 0. The van der Waals surface area contributed by atoms with Crippen LogP contribution >= 0.6 is 0 Å². The summed E-state index contributed by atoms with van der Waals surface area (Å²) in [6.45, 7) is 27.0. The molecule has 0 aromatic carbocycles. The van der Waals surface area contributed by atoms with Crippen LogP contribution in [0.3, 0.4) is 0 Å². The highest BCUT2D eigenvalue weighted by atomic mass is 16.6. The monoisotopic (exact) mass is 1140 g/mol. The molecule has 0 radical (unpaired) electrons. The molecule has 14 nitrogen and oxygen atoms in total. The molecule has 2 rings (SSSR count). The fourth-order valence-electron chi connectivity index (χ4n) is 9.32. The summed E-state index contributed by atoms with van der Waals surface area (Å²) in [6.07, 6.45) is 30.3. The second-order valence-corrected chi connectivity index (χ2v) is 22.7. The SMILES string of the molecule is CCCC(=O)OC[C@H](CCCC(=O)OC1CC(C)(C)C(/C=C/C(C)=C/C=C/C(C)=C/C=C/C=C(C)/C=C/C=C(C)/C=C/C2=C(C)C(=O)C(OC(=O)CCC[C@@H](COC(=O)CCC)OC(=O)CCC)CC2(C)C)=C(C)C1=O)OC(=O)CCC. The standard InChI is InChI=1S/C68H96O14/c1-15-25-59(69)77-45-53(79-61(71)27-17-3)35-23-37-63(73)81-57-43-67(11,12)55(51(9)65(57)75)41-39-49(7)33-21-31-47(5)29-19-20-30-48(6)32-22-34-50(8)40-42-56-52(10)66(76)58(44-68(56,13)14)82-64(74)38-24-36-54(80-62(72)28-18-4)46-78-60(70)26-16-2/h19-22,29-34,39-42,53-54,57-58H,15-18,23-28,35-38,43-46H2,1-14H3/b20-19+,31-21+,32-22+,41-39+,42-40+,47-29+,48-30+,49-33+,50-34+/t53-,54-,57?,58?/m0/s1. The number of hydrogen-bond acceptors (Lipinski definition) is 14. The minimum absolute atomic E-state index is 0.0254. The van der Waals surface area contributed by atoms with Crippen molar-refractivity contribution < 1.29 is 66.8 Å². The number of allylic oxidation sites excluding steroid dienone is 20. The molecule has 82 heavy (non-hydrogen) atoms. The number of esters is 6. The maximum atomic E-state index is 13.5. The van der Waals surface area contributed by atoms with E-state index >= 15 is 0 Å². The van der Waals surface area contributed by atoms with Crippen molar-refractivity contribution in [3.63, 3.8) is 0 Å². The van der Waals surface area contributed by atoms with Crippen molar-refractivity contribution in [1.82, 2.24) is 0 Å². The van der Waals surface area contributed by atoms with E-state index in [0.717, 1.165) is 33.4 Å². The van der Waals surface area contributed by atoms with E-state index in [0.29, 0.717) is 75.4 Å². The molecule has 0 fully saturated rings. The lowest BCUT2D eigenvalue weighted by Crippen LogP contribution is -2.39. The average molecular weight is 1140 g/mol. The molecule has 0 saturated heterocycles. The molecule has 14 heteroatoms. The largest absolute Gasteiger partial charge is 0.462 e. The smallest absolute Gasteiger partial charge is 0.306 e. The number of rotatable bonds is 34. The topological polar surface area (TPSA) is 192 Å². The molecule has 0 aromatic heterocycles. The maximum absolute atomic E-state index is 13.5. The van der Waals surface area contributed by atoms with Crippen LogP contribution in [0.5, 0.6) is 0 Å². The predicted octanol–water partition coefficient (Wildman–Crippen LogP) is 14.5. The number of ketones is 2. The van der Waals surface area contributed by atoms with Gasteiger partial charge in [0.2, 0.25) is 0 Å². The van der Waals surface area contributed by atoms with Crippen LogP contribution in [0.15, 0.2) is 130 Å². The third kappa shape index (κ3) is 27.4. The van der Waals surface area contributed by atoms with Gasteiger partial charge in [-0.2, -0.15) is 0 Å². The van der Waals surface area contributed by atoms with Crippen molar-refractivity contribution >= 4 is 47.4 Å². The molecule has 0 bridgehead atoms. The van der Waals surface area contributed by atoms with Gasteiger partial charge in [0.15, 0.2) is 23.8 Å². The highest BCUT2D eigenvalue weighted by Gasteiger charge is 2.41. The highest BCUT2D eigenvalue weighted by molar-refractivity contribution is 6.02. The molecule has 2 aliphatic carbocycles. The Hall–Kier alpha value is -6.70. The van der Waals surface area contributed by atoms with Crippen LogP contribution in [-0.2, 0) is 66.8 Å². The normalized spacial score (nSPS) is 19.0. The lowest BCUT2D eigenvalue weighted by Gasteiger charge is -2.36. The van der Waals surface area contributed by atoms with Crippen molar-refractivity contribution in [3.05, 3.63) is 130 Å². The van der Waals surface area contributed by atoms with Gasteiger partial charge in [0.05, 0.1) is 0 Å². The molecule has 0 spiro atoms. The first-order valence-electron chi connectivity index (χ1n) is 29.4. The number of carbonyl (C=O) groups excluding carboxylic acids is 8. The van der Waals surface area contributed by atoms with Crippen LogP contribution in [0.2, 0.25) is 0 Å². The van der Waals surface area contributed by atoms with Crippen LogP contribution in [-0.4, -0.2) is 85.0 Å². The Balaban J connectivity index is 1.95. The Labute approximate surface area is 490 Å². The summed E-state index contributed by atoms with van der Waals surface area (Å²) < 4.78 is 33.0. The van der Waals surface area contributed by atoms with Crippen LogP contribution in [0.1, 0.15) is 200 Å². The second kappa shape index (κ2) is 37.4. The van der Waals surface area contributed by atoms with E-state index in [2.05, 4.69) is 0 Å². The quantitative estimate of drug-likeness (QED) is 0.0336. The van der Waals surface area contributed by atoms with Gasteiger partial charge in [0.1, 0.15) is 25.4 Å². The summed E-state index contributed by atoms with van der Waals surface area (Å²) in [5.74, 6) is -2.96. The summed E-state index contributed by atoms with van der Waals surface area (Å²) >= 11 is 0. The molecule has 0 N–H and O–H groups in total. The van der Waals surface area contributed by atoms with E-state index < -0.39 is 47.2 Å². The third-order valence-electron chi connectivity index (χ3n) is 13.9. The van der Waals surface area contributed by atoms with Crippen molar-refractivity contribution in [3.8, 4) is 0 Å². The Morgan fingerprint density at radius 2 is 0.780 bits per heavy atom. The fourth-order valence-corrected chi connectivity index (χ4v) is 9.32. The van der Waals surface area contributed by atoms with Gasteiger partial charge >= 0.3 is 35.8 Å². The summed E-state index contributed by atoms with van der Waals surface area (Å²) in [7, 11) is 0. The van der Waals surface area contributed by atoms with Gasteiger partial charge < -0.3 is 28.4 Å². The van der Waals surface area contributed by atoms with E-state index in [1.54, 1.807) is 13.8 Å². The average Bonchev–Trinajstić information content (AvgIpc) is 3.20. The van der Waals surface area contributed by atoms with Gasteiger partial charge in [0.25, 0.3) is 0 Å². The third-order valence-corrected chi connectivity index (χ3v) is 13.9. The first-order chi connectivity index (χ1) is 38.8. The molecule has 4 atom stereocenters. The van der Waals surface area contributed by atoms with Crippen LogP contribution in [0, 0.1) is 10.8 Å². The van der Waals surface area contributed by atoms with Gasteiger partial charge in [0, 0.05) is 51.4 Å². The molecular formula is C68H96O14. The van der Waals surface area contributed by atoms with Crippen molar-refractivity contribution in [2.24, 2.45) is 10.8 Å². The lowest BCUT2D eigenvalue weighted by atomic mass is 9.71. The summed E-state index contributed by atoms with van der Waals surface area (Å²) in [4.78, 5) is 101. The first-order valence-corrected chi connectivity index (χ1v) is 29.4. The summed E-state index contributed by atoms with van der Waals surface area (Å²) in [5, 5.41) is 0. The number of hydrogen-bond donors (Lipinski definition) is 0. The molecule has 0 aromatic rings. The van der Waals surface area contributed by atoms with E-state index in [9.17, 15) is 38.4 Å². The number of carbonyl (C=O) groups is 8. The molecule has 2 unspecified atom stereocenters. The molecular weight excluding hydrogens is 1040 g/mol. The van der Waals surface area contributed by atoms with Gasteiger partial charge in [-0.3, -0.25) is 38.4 Å². The second-order valence-electron chi connectivity index (χ2n) is 22.7. The molecule has 0 amide bonds. The lowest BCUT2D eigenvalue weighted by molar-refractivity contribution is -0.160. The molecule has 0 saturated carbocycles. The molecule has 0 aliphatic heterocycles.